The Morgan fingerprint density at radius 1 is 1.18 bits per heavy atom. The largest absolute Gasteiger partial charge is 0.496 e. The quantitative estimate of drug-likeness (QED) is 0.887. The molecule has 28 heavy (non-hydrogen) atoms. The second-order valence-electron chi connectivity index (χ2n) is 7.30. The molecule has 1 unspecified atom stereocenters. The summed E-state index contributed by atoms with van der Waals surface area (Å²) in [5.74, 6) is 0.684. The number of carbonyl (C=O) groups is 2. The number of rotatable bonds is 4. The third-order valence-corrected chi connectivity index (χ3v) is 5.66. The zero-order valence-electron chi connectivity index (χ0n) is 16.3. The highest BCUT2D eigenvalue weighted by atomic mass is 16.5. The molecule has 0 saturated carbocycles. The summed E-state index contributed by atoms with van der Waals surface area (Å²) in [7, 11) is 3.41. The number of likely N-dealkylation sites (N-methyl/N-ethyl adjacent to an activating group) is 1. The molecule has 6 nitrogen and oxygen atoms in total. The van der Waals surface area contributed by atoms with Crippen LogP contribution in [0.15, 0.2) is 42.5 Å². The lowest BCUT2D eigenvalue weighted by molar-refractivity contribution is -0.120. The number of methoxy groups -OCH3 is 1. The van der Waals surface area contributed by atoms with E-state index in [0.717, 1.165) is 48.5 Å². The van der Waals surface area contributed by atoms with E-state index in [2.05, 4.69) is 10.2 Å². The molecule has 2 aliphatic heterocycles. The van der Waals surface area contributed by atoms with E-state index in [1.165, 1.54) is 0 Å². The van der Waals surface area contributed by atoms with Gasteiger partial charge in [0.2, 0.25) is 5.91 Å². The monoisotopic (exact) mass is 379 g/mol. The molecule has 0 bridgehead atoms. The van der Waals surface area contributed by atoms with E-state index in [9.17, 15) is 9.59 Å². The van der Waals surface area contributed by atoms with Gasteiger partial charge in [-0.05, 0) is 43.5 Å². The minimum atomic E-state index is -0.171. The Hall–Kier alpha value is -3.02. The number of piperidine rings is 1. The molecule has 6 heteroatoms. The van der Waals surface area contributed by atoms with Crippen molar-refractivity contribution < 1.29 is 14.3 Å². The third-order valence-electron chi connectivity index (χ3n) is 5.66. The molecule has 1 fully saturated rings. The average molecular weight is 379 g/mol. The smallest absolute Gasteiger partial charge is 0.251 e. The summed E-state index contributed by atoms with van der Waals surface area (Å²) in [6.45, 7) is 1.26. The van der Waals surface area contributed by atoms with Crippen LogP contribution in [0.25, 0.3) is 0 Å². The number of hydrogen-bond acceptors (Lipinski definition) is 4. The van der Waals surface area contributed by atoms with Gasteiger partial charge >= 0.3 is 0 Å². The lowest BCUT2D eigenvalue weighted by Gasteiger charge is -2.44. The normalized spacial score (nSPS) is 18.4. The maximum Gasteiger partial charge on any atom is 0.251 e. The first-order valence-corrected chi connectivity index (χ1v) is 9.68. The fourth-order valence-corrected chi connectivity index (χ4v) is 4.12. The zero-order chi connectivity index (χ0) is 19.7. The fraction of sp³-hybridized carbons (Fsp3) is 0.364. The summed E-state index contributed by atoms with van der Waals surface area (Å²) in [6.07, 6.45) is 3.07. The van der Waals surface area contributed by atoms with Crippen LogP contribution in [0.1, 0.15) is 35.2 Å². The van der Waals surface area contributed by atoms with Gasteiger partial charge in [-0.15, -0.1) is 0 Å². The summed E-state index contributed by atoms with van der Waals surface area (Å²) >= 11 is 0. The average Bonchev–Trinajstić information content (AvgIpc) is 2.75. The van der Waals surface area contributed by atoms with Gasteiger partial charge in [-0.2, -0.15) is 0 Å². The Morgan fingerprint density at radius 3 is 2.82 bits per heavy atom. The number of anilines is 2. The van der Waals surface area contributed by atoms with Crippen molar-refractivity contribution in [2.75, 3.05) is 30.5 Å². The molecule has 146 valence electrons. The second kappa shape index (κ2) is 7.54. The van der Waals surface area contributed by atoms with Crippen LogP contribution < -0.4 is 19.9 Å². The first-order chi connectivity index (χ1) is 13.6. The van der Waals surface area contributed by atoms with Crippen molar-refractivity contribution in [2.45, 2.75) is 31.8 Å². The van der Waals surface area contributed by atoms with E-state index in [4.69, 9.17) is 4.74 Å². The van der Waals surface area contributed by atoms with Crippen LogP contribution in [0.3, 0.4) is 0 Å². The van der Waals surface area contributed by atoms with Crippen LogP contribution in [-0.2, 0) is 11.3 Å². The molecule has 0 spiro atoms. The molecule has 4 rings (SSSR count). The molecule has 1 atom stereocenters. The van der Waals surface area contributed by atoms with Crippen molar-refractivity contribution in [2.24, 2.45) is 0 Å². The molecule has 2 amide bonds. The first-order valence-electron chi connectivity index (χ1n) is 9.68. The van der Waals surface area contributed by atoms with E-state index < -0.39 is 0 Å². The molecule has 0 radical (unpaired) electrons. The highest BCUT2D eigenvalue weighted by molar-refractivity contribution is 6.07. The van der Waals surface area contributed by atoms with E-state index in [-0.39, 0.29) is 17.9 Å². The Labute approximate surface area is 165 Å². The van der Waals surface area contributed by atoms with Gasteiger partial charge < -0.3 is 19.9 Å². The van der Waals surface area contributed by atoms with Crippen LogP contribution in [0.4, 0.5) is 11.4 Å². The summed E-state index contributed by atoms with van der Waals surface area (Å²) in [6, 6.07) is 13.2. The molecule has 0 aliphatic carbocycles. The predicted octanol–water partition coefficient (Wildman–Crippen LogP) is 2.96. The van der Waals surface area contributed by atoms with E-state index >= 15 is 0 Å². The first kappa shape index (κ1) is 18.3. The number of amides is 2. The van der Waals surface area contributed by atoms with Crippen LogP contribution in [0.2, 0.25) is 0 Å². The molecule has 2 aromatic carbocycles. The van der Waals surface area contributed by atoms with Gasteiger partial charge in [0.25, 0.3) is 5.91 Å². The number of fused-ring (bicyclic) bond motifs is 3. The number of nitrogens with one attached hydrogen (secondary N) is 1. The van der Waals surface area contributed by atoms with Gasteiger partial charge in [-0.25, -0.2) is 0 Å². The standard InChI is InChI=1S/C22H25N3O3/c1-24-19-13-15(21(26)23-14-16-7-3-4-9-20(16)28-2)10-11-17(19)25-12-6-5-8-18(25)22(24)27/h3-4,7,9-11,13,18H,5-6,8,12,14H2,1-2H3,(H,23,26). The lowest BCUT2D eigenvalue weighted by atomic mass is 9.96. The Balaban J connectivity index is 1.55. The van der Waals surface area contributed by atoms with Gasteiger partial charge in [0.15, 0.2) is 0 Å². The summed E-state index contributed by atoms with van der Waals surface area (Å²) in [5, 5.41) is 2.94. The number of carbonyl (C=O) groups excluding carboxylic acids is 2. The van der Waals surface area contributed by atoms with Gasteiger partial charge in [-0.1, -0.05) is 18.2 Å². The van der Waals surface area contributed by atoms with Crippen LogP contribution >= 0.6 is 0 Å². The number of nitrogens with zero attached hydrogens (tertiary/aromatic N) is 2. The van der Waals surface area contributed by atoms with Crippen LogP contribution in [-0.4, -0.2) is 38.6 Å². The van der Waals surface area contributed by atoms with Crippen LogP contribution in [0, 0.1) is 0 Å². The maximum atomic E-state index is 12.8. The molecule has 1 saturated heterocycles. The topological polar surface area (TPSA) is 61.9 Å². The van der Waals surface area contributed by atoms with Gasteiger partial charge in [0.05, 0.1) is 18.5 Å². The van der Waals surface area contributed by atoms with Crippen molar-refractivity contribution >= 4 is 23.2 Å². The SMILES string of the molecule is COc1ccccc1CNC(=O)c1ccc2c(c1)N(C)C(=O)C1CCCCN21. The molecular weight excluding hydrogens is 354 g/mol. The second-order valence-corrected chi connectivity index (χ2v) is 7.30. The third kappa shape index (κ3) is 3.19. The highest BCUT2D eigenvalue weighted by Gasteiger charge is 2.37. The fourth-order valence-electron chi connectivity index (χ4n) is 4.12. The van der Waals surface area contributed by atoms with Crippen molar-refractivity contribution in [3.05, 3.63) is 53.6 Å². The zero-order valence-corrected chi connectivity index (χ0v) is 16.3. The van der Waals surface area contributed by atoms with Gasteiger partial charge in [0.1, 0.15) is 11.8 Å². The highest BCUT2D eigenvalue weighted by Crippen LogP contribution is 2.39. The number of para-hydroxylation sites is 1. The van der Waals surface area contributed by atoms with E-state index in [1.807, 2.05) is 42.5 Å². The van der Waals surface area contributed by atoms with Crippen molar-refractivity contribution in [1.82, 2.24) is 5.32 Å². The minimum Gasteiger partial charge on any atom is -0.496 e. The minimum absolute atomic E-state index is 0.0727. The van der Waals surface area contributed by atoms with Gasteiger partial charge in [0, 0.05) is 31.3 Å². The summed E-state index contributed by atoms with van der Waals surface area (Å²) in [5.41, 5.74) is 3.30. The molecule has 2 aromatic rings. The number of ether oxygens (including phenoxy) is 1. The van der Waals surface area contributed by atoms with Crippen molar-refractivity contribution in [3.8, 4) is 5.75 Å². The van der Waals surface area contributed by atoms with Crippen molar-refractivity contribution in [1.29, 1.82) is 0 Å². The summed E-state index contributed by atoms with van der Waals surface area (Å²) < 4.78 is 5.33. The van der Waals surface area contributed by atoms with E-state index in [1.54, 1.807) is 19.1 Å². The molecule has 0 aromatic heterocycles. The lowest BCUT2D eigenvalue weighted by Crippen LogP contribution is -2.54. The summed E-state index contributed by atoms with van der Waals surface area (Å²) in [4.78, 5) is 29.3. The Kier molecular flexibility index (Phi) is 4.94. The molecule has 1 N–H and O–H groups in total. The Bertz CT molecular complexity index is 912. The Morgan fingerprint density at radius 2 is 2.00 bits per heavy atom. The van der Waals surface area contributed by atoms with E-state index in [0.29, 0.717) is 12.1 Å². The number of benzene rings is 2. The predicted molar refractivity (Wildman–Crippen MR) is 109 cm³/mol. The maximum absolute atomic E-state index is 12.8. The molecule has 2 aliphatic rings. The molecule has 2 heterocycles. The number of hydrogen-bond donors (Lipinski definition) is 1. The molecular formula is C22H25N3O3. The van der Waals surface area contributed by atoms with Crippen molar-refractivity contribution in [3.63, 3.8) is 0 Å². The van der Waals surface area contributed by atoms with Crippen LogP contribution in [0.5, 0.6) is 5.75 Å². The van der Waals surface area contributed by atoms with Gasteiger partial charge in [-0.3, -0.25) is 9.59 Å².